The molecule has 7 nitrogen and oxygen atoms in total. The lowest BCUT2D eigenvalue weighted by Crippen LogP contribution is -2.41. The van der Waals surface area contributed by atoms with Gasteiger partial charge in [0.25, 0.3) is 5.91 Å². The van der Waals surface area contributed by atoms with E-state index in [0.717, 1.165) is 24.2 Å². The molecule has 0 radical (unpaired) electrons. The summed E-state index contributed by atoms with van der Waals surface area (Å²) in [6, 6.07) is 13.6. The maximum atomic E-state index is 12.7. The summed E-state index contributed by atoms with van der Waals surface area (Å²) in [5.74, 6) is -0.472. The van der Waals surface area contributed by atoms with Gasteiger partial charge in [0.2, 0.25) is 5.95 Å². The molecule has 1 aromatic heterocycles. The van der Waals surface area contributed by atoms with E-state index in [1.54, 1.807) is 42.7 Å². The first-order chi connectivity index (χ1) is 16.9. The third kappa shape index (κ3) is 7.04. The molecule has 35 heavy (non-hydrogen) atoms. The Balaban J connectivity index is 1.69. The lowest BCUT2D eigenvalue weighted by molar-refractivity contribution is -0.142. The molecule has 2 aromatic carbocycles. The Morgan fingerprint density at radius 3 is 2.31 bits per heavy atom. The van der Waals surface area contributed by atoms with Crippen LogP contribution >= 0.6 is 23.2 Å². The fourth-order valence-corrected chi connectivity index (χ4v) is 3.97. The maximum absolute atomic E-state index is 12.7. The number of benzene rings is 2. The van der Waals surface area contributed by atoms with Crippen molar-refractivity contribution >= 4 is 52.8 Å². The molecule has 0 aliphatic rings. The Labute approximate surface area is 214 Å². The molecule has 3 aromatic rings. The second kappa shape index (κ2) is 12.9. The summed E-state index contributed by atoms with van der Waals surface area (Å²) >= 11 is 12.2. The lowest BCUT2D eigenvalue weighted by atomic mass is 10.1. The summed E-state index contributed by atoms with van der Waals surface area (Å²) in [7, 11) is 1.27. The van der Waals surface area contributed by atoms with Gasteiger partial charge in [-0.05, 0) is 48.7 Å². The van der Waals surface area contributed by atoms with Crippen LogP contribution in [0.2, 0.25) is 10.0 Å². The van der Waals surface area contributed by atoms with E-state index in [1.807, 2.05) is 30.3 Å². The van der Waals surface area contributed by atoms with Crippen LogP contribution in [0.3, 0.4) is 0 Å². The Hall–Kier alpha value is -3.42. The van der Waals surface area contributed by atoms with Gasteiger partial charge in [-0.25, -0.2) is 14.8 Å². The summed E-state index contributed by atoms with van der Waals surface area (Å²) in [6.07, 6.45) is 8.28. The molecule has 0 fully saturated rings. The standard InChI is InChI=1S/C26H26Cl2N4O3/c1-3-17-32(26-29-15-6-16-30-26)19-13-11-18(12-14-19)7-4-10-22(25(34)35-2)31-24(33)23-20(27)8-5-9-21(23)28/h4-9,11-16,22H,3,10,17H2,1-2H3,(H,31,33). The summed E-state index contributed by atoms with van der Waals surface area (Å²) < 4.78 is 4.85. The van der Waals surface area contributed by atoms with Gasteiger partial charge in [-0.2, -0.15) is 0 Å². The smallest absolute Gasteiger partial charge is 0.328 e. The summed E-state index contributed by atoms with van der Waals surface area (Å²) in [5, 5.41) is 3.06. The van der Waals surface area contributed by atoms with Crippen molar-refractivity contribution in [2.75, 3.05) is 18.6 Å². The number of hydrogen-bond acceptors (Lipinski definition) is 6. The van der Waals surface area contributed by atoms with E-state index in [9.17, 15) is 9.59 Å². The molecule has 1 atom stereocenters. The summed E-state index contributed by atoms with van der Waals surface area (Å²) in [4.78, 5) is 35.7. The Bertz CT molecular complexity index is 1150. The number of carbonyl (C=O) groups is 2. The molecule has 0 spiro atoms. The Kier molecular flexibility index (Phi) is 9.64. The van der Waals surface area contributed by atoms with E-state index in [4.69, 9.17) is 27.9 Å². The number of amides is 1. The van der Waals surface area contributed by atoms with Crippen LogP contribution in [-0.2, 0) is 9.53 Å². The third-order valence-electron chi connectivity index (χ3n) is 5.11. The van der Waals surface area contributed by atoms with Crippen LogP contribution in [0.25, 0.3) is 6.08 Å². The van der Waals surface area contributed by atoms with Gasteiger partial charge in [-0.15, -0.1) is 0 Å². The van der Waals surface area contributed by atoms with Crippen molar-refractivity contribution in [1.82, 2.24) is 15.3 Å². The number of nitrogens with zero attached hydrogens (tertiary/aromatic N) is 3. The first-order valence-corrected chi connectivity index (χ1v) is 11.8. The normalized spacial score (nSPS) is 11.8. The molecule has 9 heteroatoms. The number of esters is 1. The molecule has 1 amide bonds. The molecule has 182 valence electrons. The van der Waals surface area contributed by atoms with Crippen LogP contribution in [0.15, 0.2) is 67.0 Å². The molecule has 0 bridgehead atoms. The number of carbonyl (C=O) groups excluding carboxylic acids is 2. The number of halogens is 2. The lowest BCUT2D eigenvalue weighted by Gasteiger charge is -2.22. The fourth-order valence-electron chi connectivity index (χ4n) is 3.41. The second-order valence-electron chi connectivity index (χ2n) is 7.58. The second-order valence-corrected chi connectivity index (χ2v) is 8.39. The Morgan fingerprint density at radius 2 is 1.71 bits per heavy atom. The highest BCUT2D eigenvalue weighted by atomic mass is 35.5. The molecule has 0 aliphatic carbocycles. The largest absolute Gasteiger partial charge is 0.467 e. The molecule has 1 unspecified atom stereocenters. The molecule has 0 aliphatic heterocycles. The van der Waals surface area contributed by atoms with Crippen molar-refractivity contribution in [3.05, 3.63) is 88.2 Å². The zero-order chi connectivity index (χ0) is 25.2. The van der Waals surface area contributed by atoms with E-state index in [2.05, 4.69) is 27.1 Å². The van der Waals surface area contributed by atoms with Crippen LogP contribution in [0.4, 0.5) is 11.6 Å². The summed E-state index contributed by atoms with van der Waals surface area (Å²) in [6.45, 7) is 2.89. The third-order valence-corrected chi connectivity index (χ3v) is 5.74. The topological polar surface area (TPSA) is 84.4 Å². The van der Waals surface area contributed by atoms with Gasteiger partial charge < -0.3 is 15.0 Å². The van der Waals surface area contributed by atoms with Gasteiger partial charge in [0.05, 0.1) is 22.7 Å². The number of ether oxygens (including phenoxy) is 1. The van der Waals surface area contributed by atoms with Crippen molar-refractivity contribution in [3.8, 4) is 0 Å². The van der Waals surface area contributed by atoms with E-state index < -0.39 is 17.9 Å². The predicted octanol–water partition coefficient (Wildman–Crippen LogP) is 5.71. The SMILES string of the molecule is CCCN(c1ccc(C=CCC(NC(=O)c2c(Cl)cccc2Cl)C(=O)OC)cc1)c1ncccn1. The number of hydrogen-bond donors (Lipinski definition) is 1. The van der Waals surface area contributed by atoms with Crippen LogP contribution in [0.1, 0.15) is 35.7 Å². The van der Waals surface area contributed by atoms with Crippen LogP contribution < -0.4 is 10.2 Å². The van der Waals surface area contributed by atoms with Crippen molar-refractivity contribution in [2.45, 2.75) is 25.8 Å². The van der Waals surface area contributed by atoms with Gasteiger partial charge >= 0.3 is 5.97 Å². The summed E-state index contributed by atoms with van der Waals surface area (Å²) in [5.41, 5.74) is 2.03. The molecular weight excluding hydrogens is 487 g/mol. The highest BCUT2D eigenvalue weighted by Gasteiger charge is 2.23. The average molecular weight is 513 g/mol. The quantitative estimate of drug-likeness (QED) is 0.350. The van der Waals surface area contributed by atoms with Crippen LogP contribution in [-0.4, -0.2) is 41.5 Å². The minimum absolute atomic E-state index is 0.114. The van der Waals surface area contributed by atoms with Gasteiger partial charge in [0.15, 0.2) is 0 Å². The average Bonchev–Trinajstić information content (AvgIpc) is 2.87. The van der Waals surface area contributed by atoms with E-state index in [-0.39, 0.29) is 22.0 Å². The number of anilines is 2. The van der Waals surface area contributed by atoms with Crippen molar-refractivity contribution < 1.29 is 14.3 Å². The minimum Gasteiger partial charge on any atom is -0.467 e. The van der Waals surface area contributed by atoms with E-state index >= 15 is 0 Å². The zero-order valence-corrected chi connectivity index (χ0v) is 21.0. The van der Waals surface area contributed by atoms with Crippen LogP contribution in [0, 0.1) is 0 Å². The maximum Gasteiger partial charge on any atom is 0.328 e. The van der Waals surface area contributed by atoms with Gasteiger partial charge in [-0.3, -0.25) is 4.79 Å². The first kappa shape index (κ1) is 26.2. The molecule has 1 N–H and O–H groups in total. The van der Waals surface area contributed by atoms with E-state index in [0.29, 0.717) is 5.95 Å². The van der Waals surface area contributed by atoms with Gasteiger partial charge in [0, 0.05) is 24.6 Å². The predicted molar refractivity (Wildman–Crippen MR) is 139 cm³/mol. The number of nitrogens with one attached hydrogen (secondary N) is 1. The first-order valence-electron chi connectivity index (χ1n) is 11.1. The molecular formula is C26H26Cl2N4O3. The molecule has 0 saturated carbocycles. The zero-order valence-electron chi connectivity index (χ0n) is 19.4. The molecule has 1 heterocycles. The fraction of sp³-hybridized carbons (Fsp3) is 0.231. The number of aromatic nitrogens is 2. The molecule has 0 saturated heterocycles. The van der Waals surface area contributed by atoms with Gasteiger partial charge in [-0.1, -0.05) is 60.5 Å². The monoisotopic (exact) mass is 512 g/mol. The number of methoxy groups -OCH3 is 1. The van der Waals surface area contributed by atoms with Crippen molar-refractivity contribution in [2.24, 2.45) is 0 Å². The van der Waals surface area contributed by atoms with Crippen molar-refractivity contribution in [3.63, 3.8) is 0 Å². The highest BCUT2D eigenvalue weighted by Crippen LogP contribution is 2.25. The van der Waals surface area contributed by atoms with Crippen molar-refractivity contribution in [1.29, 1.82) is 0 Å². The van der Waals surface area contributed by atoms with E-state index in [1.165, 1.54) is 7.11 Å². The highest BCUT2D eigenvalue weighted by molar-refractivity contribution is 6.39. The molecule has 3 rings (SSSR count). The van der Waals surface area contributed by atoms with Gasteiger partial charge in [0.1, 0.15) is 6.04 Å². The Morgan fingerprint density at radius 1 is 1.06 bits per heavy atom. The minimum atomic E-state index is -0.898. The van der Waals surface area contributed by atoms with Crippen LogP contribution in [0.5, 0.6) is 0 Å². The number of rotatable bonds is 10.